The molecule has 0 fully saturated rings. The number of sulfonamides is 1. The third-order valence-electron chi connectivity index (χ3n) is 7.38. The number of nitrogens with zero attached hydrogens (tertiary/aromatic N) is 2. The van der Waals surface area contributed by atoms with Crippen LogP contribution >= 0.6 is 15.9 Å². The average Bonchev–Trinajstić information content (AvgIpc) is 3.03. The highest BCUT2D eigenvalue weighted by molar-refractivity contribution is 9.10. The molecular formula is C35H37BrFN3O4S. The average molecular weight is 695 g/mol. The molecule has 0 saturated heterocycles. The smallest absolute Gasteiger partial charge is 0.264 e. The van der Waals surface area contributed by atoms with Crippen LogP contribution in [0.25, 0.3) is 0 Å². The first-order valence-corrected chi connectivity index (χ1v) is 17.0. The summed E-state index contributed by atoms with van der Waals surface area (Å²) in [5, 5.41) is 2.96. The molecular weight excluding hydrogens is 657 g/mol. The normalized spacial score (nSPS) is 11.9. The molecule has 10 heteroatoms. The molecule has 0 aliphatic rings. The van der Waals surface area contributed by atoms with Crippen LogP contribution in [0.2, 0.25) is 0 Å². The number of rotatable bonds is 14. The number of carbonyl (C=O) groups is 2. The summed E-state index contributed by atoms with van der Waals surface area (Å²) in [6.45, 7) is 3.58. The molecule has 4 aromatic rings. The largest absolute Gasteiger partial charge is 0.354 e. The second kappa shape index (κ2) is 15.8. The minimum absolute atomic E-state index is 0.0283. The summed E-state index contributed by atoms with van der Waals surface area (Å²) in [6.07, 6.45) is 1.84. The van der Waals surface area contributed by atoms with Crippen LogP contribution in [-0.2, 0) is 32.6 Å². The van der Waals surface area contributed by atoms with Gasteiger partial charge in [0, 0.05) is 24.0 Å². The van der Waals surface area contributed by atoms with Gasteiger partial charge in [-0.3, -0.25) is 13.9 Å². The molecule has 45 heavy (non-hydrogen) atoms. The highest BCUT2D eigenvalue weighted by atomic mass is 79.9. The predicted octanol–water partition coefficient (Wildman–Crippen LogP) is 6.65. The van der Waals surface area contributed by atoms with Crippen molar-refractivity contribution in [2.24, 2.45) is 0 Å². The Morgan fingerprint density at radius 1 is 0.867 bits per heavy atom. The first kappa shape index (κ1) is 33.9. The van der Waals surface area contributed by atoms with Gasteiger partial charge >= 0.3 is 0 Å². The van der Waals surface area contributed by atoms with Gasteiger partial charge in [-0.25, -0.2) is 12.8 Å². The number of halogens is 2. The standard InChI is InChI=1S/C35H37BrFN3O4S/c1-3-4-22-38-35(42)33(23-27-10-6-5-7-11-27)39(24-28-16-18-29(36)19-17-28)34(41)25-40(32-13-9-8-12-31(32)37)45(43,44)30-20-14-26(2)15-21-30/h5-21,33H,3-4,22-25H2,1-2H3,(H,38,42)/t33-/m0/s1. The van der Waals surface area contributed by atoms with Crippen LogP contribution in [0.4, 0.5) is 10.1 Å². The van der Waals surface area contributed by atoms with Crippen molar-refractivity contribution in [2.75, 3.05) is 17.4 Å². The number of aryl methyl sites for hydroxylation is 1. The van der Waals surface area contributed by atoms with Gasteiger partial charge < -0.3 is 10.2 Å². The van der Waals surface area contributed by atoms with Crippen molar-refractivity contribution in [2.45, 2.75) is 50.6 Å². The number of unbranched alkanes of at least 4 members (excludes halogenated alkanes) is 1. The van der Waals surface area contributed by atoms with Gasteiger partial charge in [-0.15, -0.1) is 0 Å². The van der Waals surface area contributed by atoms with Gasteiger partial charge in [0.2, 0.25) is 11.8 Å². The van der Waals surface area contributed by atoms with Crippen LogP contribution in [0, 0.1) is 12.7 Å². The topological polar surface area (TPSA) is 86.8 Å². The number of amides is 2. The monoisotopic (exact) mass is 693 g/mol. The highest BCUT2D eigenvalue weighted by Crippen LogP contribution is 2.27. The molecule has 4 aromatic carbocycles. The van der Waals surface area contributed by atoms with E-state index in [1.807, 2.05) is 68.4 Å². The molecule has 0 bridgehead atoms. The van der Waals surface area contributed by atoms with Crippen LogP contribution in [-0.4, -0.2) is 44.3 Å². The number of hydrogen-bond acceptors (Lipinski definition) is 4. The molecule has 236 valence electrons. The summed E-state index contributed by atoms with van der Waals surface area (Å²) in [7, 11) is -4.38. The second-order valence-corrected chi connectivity index (χ2v) is 13.6. The minimum atomic E-state index is -4.38. The van der Waals surface area contributed by atoms with Gasteiger partial charge in [0.15, 0.2) is 0 Å². The minimum Gasteiger partial charge on any atom is -0.354 e. The van der Waals surface area contributed by atoms with E-state index in [1.165, 1.54) is 35.2 Å². The highest BCUT2D eigenvalue weighted by Gasteiger charge is 2.35. The summed E-state index contributed by atoms with van der Waals surface area (Å²) in [6, 6.07) is 27.3. The molecule has 0 spiro atoms. The van der Waals surface area contributed by atoms with E-state index in [0.29, 0.717) is 6.54 Å². The summed E-state index contributed by atoms with van der Waals surface area (Å²) >= 11 is 3.43. The summed E-state index contributed by atoms with van der Waals surface area (Å²) < 4.78 is 44.9. The van der Waals surface area contributed by atoms with Crippen LogP contribution in [0.15, 0.2) is 112 Å². The van der Waals surface area contributed by atoms with E-state index >= 15 is 4.39 Å². The Balaban J connectivity index is 1.79. The van der Waals surface area contributed by atoms with Crippen LogP contribution < -0.4 is 9.62 Å². The second-order valence-electron chi connectivity index (χ2n) is 10.8. The van der Waals surface area contributed by atoms with Crippen molar-refractivity contribution in [3.05, 3.63) is 130 Å². The third kappa shape index (κ3) is 9.02. The Hall–Kier alpha value is -4.02. The number of carbonyl (C=O) groups excluding carboxylic acids is 2. The van der Waals surface area contributed by atoms with Crippen LogP contribution in [0.3, 0.4) is 0 Å². The van der Waals surface area contributed by atoms with Crippen molar-refractivity contribution in [3.8, 4) is 0 Å². The van der Waals surface area contributed by atoms with E-state index in [2.05, 4.69) is 21.2 Å². The van der Waals surface area contributed by atoms with E-state index in [9.17, 15) is 18.0 Å². The lowest BCUT2D eigenvalue weighted by atomic mass is 10.0. The lowest BCUT2D eigenvalue weighted by Crippen LogP contribution is -2.53. The number of hydrogen-bond donors (Lipinski definition) is 1. The van der Waals surface area contributed by atoms with Gasteiger partial charge in [-0.05, 0) is 60.9 Å². The zero-order valence-electron chi connectivity index (χ0n) is 25.3. The maximum absolute atomic E-state index is 15.2. The van der Waals surface area contributed by atoms with E-state index in [0.717, 1.165) is 44.4 Å². The van der Waals surface area contributed by atoms with Crippen molar-refractivity contribution >= 4 is 43.5 Å². The third-order valence-corrected chi connectivity index (χ3v) is 9.68. The molecule has 0 saturated carbocycles. The molecule has 0 unspecified atom stereocenters. The first-order valence-electron chi connectivity index (χ1n) is 14.8. The van der Waals surface area contributed by atoms with Gasteiger partial charge in [-0.1, -0.05) is 102 Å². The lowest BCUT2D eigenvalue weighted by molar-refractivity contribution is -0.140. The van der Waals surface area contributed by atoms with Crippen molar-refractivity contribution in [1.82, 2.24) is 10.2 Å². The van der Waals surface area contributed by atoms with Gasteiger partial charge in [0.05, 0.1) is 10.6 Å². The SMILES string of the molecule is CCCCNC(=O)[C@H](Cc1ccccc1)N(Cc1ccc(Br)cc1)C(=O)CN(c1ccccc1F)S(=O)(=O)c1ccc(C)cc1. The summed E-state index contributed by atoms with van der Waals surface area (Å²) in [5.41, 5.74) is 2.16. The van der Waals surface area contributed by atoms with Crippen LogP contribution in [0.5, 0.6) is 0 Å². The Bertz CT molecular complexity index is 1680. The molecule has 7 nitrogen and oxygen atoms in total. The van der Waals surface area contributed by atoms with Crippen molar-refractivity contribution in [1.29, 1.82) is 0 Å². The summed E-state index contributed by atoms with van der Waals surface area (Å²) in [5.74, 6) is -1.79. The number of nitrogens with one attached hydrogen (secondary N) is 1. The van der Waals surface area contributed by atoms with E-state index in [1.54, 1.807) is 12.1 Å². The van der Waals surface area contributed by atoms with E-state index < -0.39 is 34.3 Å². The van der Waals surface area contributed by atoms with Gasteiger partial charge in [0.25, 0.3) is 10.0 Å². The molecule has 1 N–H and O–H groups in total. The van der Waals surface area contributed by atoms with E-state index in [-0.39, 0.29) is 29.5 Å². The van der Waals surface area contributed by atoms with Crippen LogP contribution in [0.1, 0.15) is 36.5 Å². The zero-order valence-corrected chi connectivity index (χ0v) is 27.7. The quantitative estimate of drug-likeness (QED) is 0.150. The van der Waals surface area contributed by atoms with E-state index in [4.69, 9.17) is 0 Å². The predicted molar refractivity (Wildman–Crippen MR) is 179 cm³/mol. The molecule has 0 radical (unpaired) electrons. The first-order chi connectivity index (χ1) is 21.6. The maximum atomic E-state index is 15.2. The number of anilines is 1. The zero-order chi connectivity index (χ0) is 32.4. The molecule has 4 rings (SSSR count). The molecule has 1 atom stereocenters. The molecule has 0 heterocycles. The van der Waals surface area contributed by atoms with Gasteiger partial charge in [-0.2, -0.15) is 0 Å². The Morgan fingerprint density at radius 3 is 2.16 bits per heavy atom. The van der Waals surface area contributed by atoms with Crippen molar-refractivity contribution < 1.29 is 22.4 Å². The fourth-order valence-electron chi connectivity index (χ4n) is 4.85. The molecule has 0 aliphatic carbocycles. The summed E-state index contributed by atoms with van der Waals surface area (Å²) in [4.78, 5) is 29.5. The van der Waals surface area contributed by atoms with Crippen molar-refractivity contribution in [3.63, 3.8) is 0 Å². The Labute approximate surface area is 273 Å². The Kier molecular flexibility index (Phi) is 11.9. The molecule has 0 aliphatic heterocycles. The number of benzene rings is 4. The number of para-hydroxylation sites is 1. The Morgan fingerprint density at radius 2 is 1.51 bits per heavy atom. The molecule has 0 aromatic heterocycles. The lowest BCUT2D eigenvalue weighted by Gasteiger charge is -2.34. The maximum Gasteiger partial charge on any atom is 0.264 e. The molecule has 2 amide bonds. The van der Waals surface area contributed by atoms with Gasteiger partial charge in [0.1, 0.15) is 18.4 Å². The fourth-order valence-corrected chi connectivity index (χ4v) is 6.54. The fraction of sp³-hybridized carbons (Fsp3) is 0.257.